The van der Waals surface area contributed by atoms with Crippen molar-refractivity contribution in [2.45, 2.75) is 11.9 Å². The zero-order valence-electron chi connectivity index (χ0n) is 10.4. The molecule has 0 aliphatic rings. The van der Waals surface area contributed by atoms with Crippen LogP contribution in [0.15, 0.2) is 36.4 Å². The van der Waals surface area contributed by atoms with E-state index in [4.69, 9.17) is 23.2 Å². The van der Waals surface area contributed by atoms with E-state index < -0.39 is 0 Å². The zero-order valence-corrected chi connectivity index (χ0v) is 16.2. The van der Waals surface area contributed by atoms with Crippen LogP contribution >= 0.6 is 68.4 Å². The summed E-state index contributed by atoms with van der Waals surface area (Å²) in [5.74, 6) is 0.456. The van der Waals surface area contributed by atoms with Gasteiger partial charge in [0.25, 0.3) is 0 Å². The van der Waals surface area contributed by atoms with E-state index in [1.54, 1.807) is 0 Å². The molecule has 5 heteroatoms. The lowest BCUT2D eigenvalue weighted by atomic mass is 10.2. The fraction of sp³-hybridized carbons (Fsp3) is 0.200. The van der Waals surface area contributed by atoms with Gasteiger partial charge in [-0.05, 0) is 81.6 Å². The van der Waals surface area contributed by atoms with Gasteiger partial charge in [0.05, 0.1) is 5.38 Å². The summed E-state index contributed by atoms with van der Waals surface area (Å²) in [5, 5.41) is 2.50. The summed E-state index contributed by atoms with van der Waals surface area (Å²) in [6.07, 6.45) is 0. The lowest BCUT2D eigenvalue weighted by Crippen LogP contribution is -2.11. The van der Waals surface area contributed by atoms with Crippen LogP contribution < -0.4 is 0 Å². The SMILES string of the molecule is ClC[C@@H](Cl)Cn1c2ccc(I)cc2c2cc(I)ccc21. The number of hydrogen-bond acceptors (Lipinski definition) is 0. The molecular weight excluding hydrogens is 519 g/mol. The predicted octanol–water partition coefficient (Wildman–Crippen LogP) is 5.85. The Morgan fingerprint density at radius 1 is 0.950 bits per heavy atom. The number of hydrogen-bond donors (Lipinski definition) is 0. The second-order valence-electron chi connectivity index (χ2n) is 4.69. The van der Waals surface area contributed by atoms with Crippen LogP contribution in [0.4, 0.5) is 0 Å². The number of aromatic nitrogens is 1. The first-order valence-electron chi connectivity index (χ1n) is 6.17. The third-order valence-corrected chi connectivity index (χ3v) is 5.50. The highest BCUT2D eigenvalue weighted by atomic mass is 127. The van der Waals surface area contributed by atoms with Gasteiger partial charge in [-0.3, -0.25) is 0 Å². The van der Waals surface area contributed by atoms with E-state index in [2.05, 4.69) is 86.1 Å². The number of rotatable bonds is 3. The third kappa shape index (κ3) is 2.78. The average molecular weight is 530 g/mol. The molecule has 1 aromatic heterocycles. The number of nitrogens with zero attached hydrogens (tertiary/aromatic N) is 1. The van der Waals surface area contributed by atoms with Crippen molar-refractivity contribution in [3.05, 3.63) is 43.5 Å². The van der Waals surface area contributed by atoms with Gasteiger partial charge >= 0.3 is 0 Å². The maximum atomic E-state index is 6.26. The first-order chi connectivity index (χ1) is 9.60. The quantitative estimate of drug-likeness (QED) is 0.296. The van der Waals surface area contributed by atoms with Crippen molar-refractivity contribution in [2.75, 3.05) is 5.88 Å². The molecule has 0 fully saturated rings. The smallest absolute Gasteiger partial charge is 0.0650 e. The first kappa shape index (κ1) is 15.2. The minimum Gasteiger partial charge on any atom is -0.339 e. The Morgan fingerprint density at radius 2 is 1.45 bits per heavy atom. The second kappa shape index (κ2) is 6.18. The number of fused-ring (bicyclic) bond motifs is 3. The van der Waals surface area contributed by atoms with E-state index in [0.717, 1.165) is 6.54 Å². The minimum absolute atomic E-state index is 0.0611. The molecule has 0 amide bonds. The maximum Gasteiger partial charge on any atom is 0.0650 e. The van der Waals surface area contributed by atoms with Crippen molar-refractivity contribution in [2.24, 2.45) is 0 Å². The highest BCUT2D eigenvalue weighted by Crippen LogP contribution is 2.32. The van der Waals surface area contributed by atoms with Crippen molar-refractivity contribution in [1.29, 1.82) is 0 Å². The minimum atomic E-state index is -0.0611. The summed E-state index contributed by atoms with van der Waals surface area (Å²) in [6, 6.07) is 13.1. The number of benzene rings is 2. The molecule has 2 aromatic carbocycles. The summed E-state index contributed by atoms with van der Waals surface area (Å²) in [6.45, 7) is 0.728. The van der Waals surface area contributed by atoms with Crippen LogP contribution in [0.5, 0.6) is 0 Å². The Hall–Kier alpha value is 0.280. The number of halogens is 4. The third-order valence-electron chi connectivity index (χ3n) is 3.34. The fourth-order valence-electron chi connectivity index (χ4n) is 2.49. The normalized spacial score (nSPS) is 13.2. The van der Waals surface area contributed by atoms with Crippen LogP contribution in [0.1, 0.15) is 0 Å². The average Bonchev–Trinajstić information content (AvgIpc) is 2.72. The molecule has 0 saturated heterocycles. The van der Waals surface area contributed by atoms with Crippen molar-refractivity contribution in [3.8, 4) is 0 Å². The molecule has 0 aliphatic carbocycles. The molecule has 0 saturated carbocycles. The Morgan fingerprint density at radius 3 is 1.90 bits per heavy atom. The standard InChI is InChI=1S/C15H11Cl2I2N/c16-7-9(17)8-20-14-3-1-10(18)5-12(14)13-6-11(19)2-4-15(13)20/h1-6,9H,7-8H2/t9-/m1/s1. The molecule has 1 atom stereocenters. The van der Waals surface area contributed by atoms with Crippen molar-refractivity contribution < 1.29 is 0 Å². The summed E-state index contributed by atoms with van der Waals surface area (Å²) in [4.78, 5) is 0. The van der Waals surface area contributed by atoms with E-state index in [1.807, 2.05) is 0 Å². The van der Waals surface area contributed by atoms with Gasteiger partial charge < -0.3 is 4.57 Å². The monoisotopic (exact) mass is 529 g/mol. The molecule has 0 N–H and O–H groups in total. The lowest BCUT2D eigenvalue weighted by Gasteiger charge is -2.10. The molecule has 20 heavy (non-hydrogen) atoms. The first-order valence-corrected chi connectivity index (χ1v) is 9.30. The highest BCUT2D eigenvalue weighted by molar-refractivity contribution is 14.1. The van der Waals surface area contributed by atoms with Gasteiger partial charge in [-0.2, -0.15) is 0 Å². The predicted molar refractivity (Wildman–Crippen MR) is 105 cm³/mol. The van der Waals surface area contributed by atoms with Gasteiger partial charge in [-0.1, -0.05) is 0 Å². The van der Waals surface area contributed by atoms with Gasteiger partial charge in [-0.25, -0.2) is 0 Å². The molecule has 0 bridgehead atoms. The van der Waals surface area contributed by atoms with Crippen LogP contribution in [-0.2, 0) is 6.54 Å². The van der Waals surface area contributed by atoms with Crippen LogP contribution in [-0.4, -0.2) is 15.8 Å². The molecule has 1 heterocycles. The van der Waals surface area contributed by atoms with E-state index in [-0.39, 0.29) is 5.38 Å². The topological polar surface area (TPSA) is 4.93 Å². The molecule has 104 valence electrons. The molecule has 0 spiro atoms. The molecule has 0 aliphatic heterocycles. The Kier molecular flexibility index (Phi) is 4.69. The van der Waals surface area contributed by atoms with E-state index >= 15 is 0 Å². The van der Waals surface area contributed by atoms with Gasteiger partial charge in [-0.15, -0.1) is 23.2 Å². The molecule has 0 radical (unpaired) electrons. The van der Waals surface area contributed by atoms with Crippen LogP contribution in [0.2, 0.25) is 0 Å². The molecule has 3 rings (SSSR count). The largest absolute Gasteiger partial charge is 0.339 e. The Bertz CT molecular complexity index is 723. The molecular formula is C15H11Cl2I2N. The summed E-state index contributed by atoms with van der Waals surface area (Å²) in [7, 11) is 0. The highest BCUT2D eigenvalue weighted by Gasteiger charge is 2.14. The van der Waals surface area contributed by atoms with E-state index in [1.165, 1.54) is 28.9 Å². The van der Waals surface area contributed by atoms with E-state index in [0.29, 0.717) is 5.88 Å². The van der Waals surface area contributed by atoms with Crippen molar-refractivity contribution in [3.63, 3.8) is 0 Å². The van der Waals surface area contributed by atoms with Gasteiger partial charge in [0, 0.05) is 41.4 Å². The Labute approximate surface area is 154 Å². The van der Waals surface area contributed by atoms with Gasteiger partial charge in [0.15, 0.2) is 0 Å². The second-order valence-corrected chi connectivity index (χ2v) is 8.10. The van der Waals surface area contributed by atoms with Crippen LogP contribution in [0.3, 0.4) is 0 Å². The van der Waals surface area contributed by atoms with Crippen LogP contribution in [0.25, 0.3) is 21.8 Å². The summed E-state index contributed by atoms with van der Waals surface area (Å²) in [5.41, 5.74) is 2.44. The summed E-state index contributed by atoms with van der Waals surface area (Å²) >= 11 is 16.8. The summed E-state index contributed by atoms with van der Waals surface area (Å²) < 4.78 is 4.76. The molecule has 0 unspecified atom stereocenters. The fourth-order valence-corrected chi connectivity index (χ4v) is 3.71. The molecule has 3 aromatic rings. The van der Waals surface area contributed by atoms with Gasteiger partial charge in [0.1, 0.15) is 0 Å². The Balaban J connectivity index is 2.34. The number of alkyl halides is 2. The van der Waals surface area contributed by atoms with E-state index in [9.17, 15) is 0 Å². The van der Waals surface area contributed by atoms with Gasteiger partial charge in [0.2, 0.25) is 0 Å². The van der Waals surface area contributed by atoms with Crippen molar-refractivity contribution >= 4 is 90.2 Å². The zero-order chi connectivity index (χ0) is 14.3. The van der Waals surface area contributed by atoms with Crippen LogP contribution in [0, 0.1) is 7.14 Å². The lowest BCUT2D eigenvalue weighted by molar-refractivity contribution is 0.735. The van der Waals surface area contributed by atoms with Crippen molar-refractivity contribution in [1.82, 2.24) is 4.57 Å². The maximum absolute atomic E-state index is 6.26. The molecule has 1 nitrogen and oxygen atoms in total.